The Labute approximate surface area is 93.9 Å². The van der Waals surface area contributed by atoms with Gasteiger partial charge in [0.2, 0.25) is 0 Å². The fraction of sp³-hybridized carbons (Fsp3) is 0.900. The summed E-state index contributed by atoms with van der Waals surface area (Å²) in [5, 5.41) is 0. The van der Waals surface area contributed by atoms with E-state index in [0.29, 0.717) is 4.99 Å². The lowest BCUT2D eigenvalue weighted by Gasteiger charge is -2.12. The summed E-state index contributed by atoms with van der Waals surface area (Å²) in [7, 11) is 0. The lowest BCUT2D eigenvalue weighted by Crippen LogP contribution is -2.13. The maximum Gasteiger partial charge on any atom is 0.0730 e. The standard InChI is InChI=1S/C10H21NS.ClH/c1-3-5-6-7-9(4-2)8-10(11)12;/h9H,3-8H2,1-2H3,(H2,11,12);1H. The van der Waals surface area contributed by atoms with E-state index in [1.54, 1.807) is 0 Å². The molecule has 1 unspecified atom stereocenters. The Kier molecular flexibility index (Phi) is 12.3. The third-order valence-electron chi connectivity index (χ3n) is 2.28. The highest BCUT2D eigenvalue weighted by Gasteiger charge is 2.06. The van der Waals surface area contributed by atoms with Gasteiger partial charge in [0.25, 0.3) is 0 Å². The number of unbranched alkanes of at least 4 members (excludes halogenated alkanes) is 2. The summed E-state index contributed by atoms with van der Waals surface area (Å²) >= 11 is 4.89. The average Bonchev–Trinajstić information content (AvgIpc) is 2.02. The molecule has 0 aliphatic carbocycles. The van der Waals surface area contributed by atoms with Crippen LogP contribution in [0.5, 0.6) is 0 Å². The SMILES string of the molecule is CCCCCC(CC)CC(N)=S.Cl. The molecule has 80 valence electrons. The first-order chi connectivity index (χ1) is 5.70. The predicted octanol–water partition coefficient (Wildman–Crippen LogP) is 3.69. The zero-order valence-electron chi connectivity index (χ0n) is 8.71. The Morgan fingerprint density at radius 3 is 2.31 bits per heavy atom. The van der Waals surface area contributed by atoms with Gasteiger partial charge in [-0.05, 0) is 5.92 Å². The summed E-state index contributed by atoms with van der Waals surface area (Å²) in [5.74, 6) is 0.731. The number of thiocarbonyl (C=S) groups is 1. The van der Waals surface area contributed by atoms with E-state index in [9.17, 15) is 0 Å². The second-order valence-electron chi connectivity index (χ2n) is 3.44. The molecule has 0 saturated heterocycles. The molecule has 1 nitrogen and oxygen atoms in total. The average molecular weight is 224 g/mol. The van der Waals surface area contributed by atoms with E-state index >= 15 is 0 Å². The minimum Gasteiger partial charge on any atom is -0.393 e. The van der Waals surface area contributed by atoms with E-state index in [1.165, 1.54) is 32.1 Å². The summed E-state index contributed by atoms with van der Waals surface area (Å²) in [6.45, 7) is 4.45. The van der Waals surface area contributed by atoms with Gasteiger partial charge in [0, 0.05) is 6.42 Å². The molecule has 0 aromatic rings. The van der Waals surface area contributed by atoms with E-state index in [-0.39, 0.29) is 12.4 Å². The Hall–Kier alpha value is 0.180. The van der Waals surface area contributed by atoms with Gasteiger partial charge in [0.15, 0.2) is 0 Å². The van der Waals surface area contributed by atoms with Gasteiger partial charge in [-0.25, -0.2) is 0 Å². The van der Waals surface area contributed by atoms with Crippen LogP contribution in [0.15, 0.2) is 0 Å². The van der Waals surface area contributed by atoms with E-state index in [4.69, 9.17) is 18.0 Å². The van der Waals surface area contributed by atoms with Crippen molar-refractivity contribution in [3.05, 3.63) is 0 Å². The molecular weight excluding hydrogens is 202 g/mol. The molecule has 0 amide bonds. The van der Waals surface area contributed by atoms with Crippen molar-refractivity contribution in [1.29, 1.82) is 0 Å². The van der Waals surface area contributed by atoms with Crippen molar-refractivity contribution in [3.63, 3.8) is 0 Å². The normalized spacial score (nSPS) is 11.8. The third kappa shape index (κ3) is 10.1. The molecule has 0 bridgehead atoms. The van der Waals surface area contributed by atoms with Crippen LogP contribution >= 0.6 is 24.6 Å². The molecule has 0 radical (unpaired) electrons. The van der Waals surface area contributed by atoms with Crippen LogP contribution in [-0.2, 0) is 0 Å². The highest BCUT2D eigenvalue weighted by atomic mass is 35.5. The zero-order valence-corrected chi connectivity index (χ0v) is 10.3. The molecular formula is C10H22ClNS. The van der Waals surface area contributed by atoms with Gasteiger partial charge in [-0.2, -0.15) is 0 Å². The van der Waals surface area contributed by atoms with Gasteiger partial charge in [-0.1, -0.05) is 58.2 Å². The van der Waals surface area contributed by atoms with Crippen molar-refractivity contribution in [3.8, 4) is 0 Å². The largest absolute Gasteiger partial charge is 0.393 e. The minimum atomic E-state index is 0. The van der Waals surface area contributed by atoms with Crippen LogP contribution in [-0.4, -0.2) is 4.99 Å². The van der Waals surface area contributed by atoms with Crippen LogP contribution < -0.4 is 5.73 Å². The van der Waals surface area contributed by atoms with Crippen LogP contribution in [0.1, 0.15) is 52.4 Å². The van der Waals surface area contributed by atoms with Crippen molar-refractivity contribution in [2.24, 2.45) is 11.7 Å². The molecule has 0 aliphatic rings. The third-order valence-corrected chi connectivity index (χ3v) is 2.45. The maximum absolute atomic E-state index is 5.50. The lowest BCUT2D eigenvalue weighted by molar-refractivity contribution is 0.459. The second kappa shape index (κ2) is 10.3. The van der Waals surface area contributed by atoms with E-state index in [2.05, 4.69) is 13.8 Å². The first kappa shape index (κ1) is 15.6. The lowest BCUT2D eigenvalue weighted by atomic mass is 9.95. The van der Waals surface area contributed by atoms with Gasteiger partial charge in [0.1, 0.15) is 0 Å². The fourth-order valence-electron chi connectivity index (χ4n) is 1.42. The summed E-state index contributed by atoms with van der Waals surface area (Å²) in [5.41, 5.74) is 5.50. The van der Waals surface area contributed by atoms with Crippen LogP contribution in [0.4, 0.5) is 0 Å². The molecule has 0 spiro atoms. The van der Waals surface area contributed by atoms with Crippen LogP contribution in [0.2, 0.25) is 0 Å². The Balaban J connectivity index is 0. The number of hydrogen-bond donors (Lipinski definition) is 1. The molecule has 0 heterocycles. The molecule has 13 heavy (non-hydrogen) atoms. The van der Waals surface area contributed by atoms with Crippen molar-refractivity contribution in [1.82, 2.24) is 0 Å². The van der Waals surface area contributed by atoms with Crippen LogP contribution in [0, 0.1) is 5.92 Å². The molecule has 0 aromatic carbocycles. The second-order valence-corrected chi connectivity index (χ2v) is 3.96. The maximum atomic E-state index is 5.50. The van der Waals surface area contributed by atoms with Crippen molar-refractivity contribution in [2.75, 3.05) is 0 Å². The zero-order chi connectivity index (χ0) is 9.40. The van der Waals surface area contributed by atoms with Gasteiger partial charge in [0.05, 0.1) is 4.99 Å². The molecule has 1 atom stereocenters. The van der Waals surface area contributed by atoms with Crippen LogP contribution in [0.3, 0.4) is 0 Å². The smallest absolute Gasteiger partial charge is 0.0730 e. The Morgan fingerprint density at radius 2 is 1.92 bits per heavy atom. The first-order valence-electron chi connectivity index (χ1n) is 4.99. The quantitative estimate of drug-likeness (QED) is 0.526. The summed E-state index contributed by atoms with van der Waals surface area (Å²) in [6.07, 6.45) is 7.41. The summed E-state index contributed by atoms with van der Waals surface area (Å²) < 4.78 is 0. The molecule has 2 N–H and O–H groups in total. The first-order valence-corrected chi connectivity index (χ1v) is 5.39. The molecule has 0 rings (SSSR count). The van der Waals surface area contributed by atoms with E-state index in [0.717, 1.165) is 12.3 Å². The Bertz CT molecular complexity index is 128. The number of nitrogens with two attached hydrogens (primary N) is 1. The van der Waals surface area contributed by atoms with Crippen molar-refractivity contribution in [2.45, 2.75) is 52.4 Å². The fourth-order valence-corrected chi connectivity index (χ4v) is 1.65. The van der Waals surface area contributed by atoms with E-state index < -0.39 is 0 Å². The minimum absolute atomic E-state index is 0. The van der Waals surface area contributed by atoms with Gasteiger partial charge >= 0.3 is 0 Å². The monoisotopic (exact) mass is 223 g/mol. The predicted molar refractivity (Wildman–Crippen MR) is 66.6 cm³/mol. The van der Waals surface area contributed by atoms with E-state index in [1.807, 2.05) is 0 Å². The van der Waals surface area contributed by atoms with Crippen LogP contribution in [0.25, 0.3) is 0 Å². The molecule has 0 fully saturated rings. The molecule has 3 heteroatoms. The highest BCUT2D eigenvalue weighted by Crippen LogP contribution is 2.16. The molecule has 0 aromatic heterocycles. The summed E-state index contributed by atoms with van der Waals surface area (Å²) in [4.78, 5) is 0.679. The van der Waals surface area contributed by atoms with Gasteiger partial charge in [-0.15, -0.1) is 12.4 Å². The number of halogens is 1. The number of hydrogen-bond acceptors (Lipinski definition) is 1. The number of rotatable bonds is 7. The Morgan fingerprint density at radius 1 is 1.31 bits per heavy atom. The van der Waals surface area contributed by atoms with Crippen molar-refractivity contribution >= 4 is 29.6 Å². The van der Waals surface area contributed by atoms with Gasteiger partial charge < -0.3 is 5.73 Å². The van der Waals surface area contributed by atoms with Gasteiger partial charge in [-0.3, -0.25) is 0 Å². The topological polar surface area (TPSA) is 26.0 Å². The highest BCUT2D eigenvalue weighted by molar-refractivity contribution is 7.80. The van der Waals surface area contributed by atoms with Crippen molar-refractivity contribution < 1.29 is 0 Å². The summed E-state index contributed by atoms with van der Waals surface area (Å²) in [6, 6.07) is 0. The molecule has 0 saturated carbocycles. The molecule has 0 aliphatic heterocycles.